The minimum atomic E-state index is -0.994. The van der Waals surface area contributed by atoms with Crippen molar-refractivity contribution in [2.45, 2.75) is 6.92 Å². The number of hydrogen-bond donors (Lipinski definition) is 1. The van der Waals surface area contributed by atoms with Crippen molar-refractivity contribution in [3.05, 3.63) is 41.0 Å². The number of benzene rings is 1. The Bertz CT molecular complexity index is 427. The lowest BCUT2D eigenvalue weighted by Gasteiger charge is -2.00. The van der Waals surface area contributed by atoms with E-state index in [-0.39, 0.29) is 0 Å². The van der Waals surface area contributed by atoms with Crippen molar-refractivity contribution in [3.8, 4) is 6.07 Å². The molecule has 0 amide bonds. The number of carbonyl (C=O) groups is 1. The molecule has 0 bridgehead atoms. The zero-order chi connectivity index (χ0) is 10.6. The maximum atomic E-state index is 10.3. The van der Waals surface area contributed by atoms with Gasteiger partial charge in [-0.25, -0.2) is 4.79 Å². The van der Waals surface area contributed by atoms with Crippen molar-refractivity contribution in [2.75, 3.05) is 0 Å². The Labute approximate surface area is 81.9 Å². The molecule has 1 N–H and O–H groups in total. The summed E-state index contributed by atoms with van der Waals surface area (Å²) >= 11 is 0. The van der Waals surface area contributed by atoms with E-state index in [9.17, 15) is 4.79 Å². The van der Waals surface area contributed by atoms with Gasteiger partial charge in [-0.3, -0.25) is 0 Å². The molecule has 0 saturated heterocycles. The second kappa shape index (κ2) is 4.24. The first-order valence-corrected chi connectivity index (χ1v) is 4.06. The molecule has 0 aliphatic carbocycles. The zero-order valence-electron chi connectivity index (χ0n) is 7.69. The fourth-order valence-electron chi connectivity index (χ4n) is 1.12. The fraction of sp³-hybridized carbons (Fsp3) is 0.0909. The van der Waals surface area contributed by atoms with E-state index in [1.54, 1.807) is 25.1 Å². The molecule has 3 nitrogen and oxygen atoms in total. The number of carboxylic acids is 1. The average molecular weight is 187 g/mol. The molecule has 14 heavy (non-hydrogen) atoms. The number of carboxylic acid groups (broad SMARTS) is 1. The van der Waals surface area contributed by atoms with Gasteiger partial charge in [-0.15, -0.1) is 0 Å². The van der Waals surface area contributed by atoms with Crippen LogP contribution >= 0.6 is 0 Å². The molecule has 1 rings (SSSR count). The molecule has 0 aliphatic rings. The Balaban J connectivity index is 3.12. The first-order chi connectivity index (χ1) is 6.65. The molecule has 70 valence electrons. The number of hydrogen-bond acceptors (Lipinski definition) is 2. The van der Waals surface area contributed by atoms with Gasteiger partial charge in [0.1, 0.15) is 0 Å². The lowest BCUT2D eigenvalue weighted by molar-refractivity contribution is -0.131. The largest absolute Gasteiger partial charge is 0.478 e. The zero-order valence-corrected chi connectivity index (χ0v) is 7.69. The maximum absolute atomic E-state index is 10.3. The Kier molecular flexibility index (Phi) is 3.03. The van der Waals surface area contributed by atoms with Crippen LogP contribution in [0.1, 0.15) is 16.7 Å². The highest BCUT2D eigenvalue weighted by molar-refractivity contribution is 5.85. The molecule has 0 aliphatic heterocycles. The van der Waals surface area contributed by atoms with Crippen LogP contribution in [-0.2, 0) is 4.79 Å². The Hall–Kier alpha value is -2.08. The molecule has 1 aromatic rings. The van der Waals surface area contributed by atoms with Crippen molar-refractivity contribution in [3.63, 3.8) is 0 Å². The average Bonchev–Trinajstić information content (AvgIpc) is 2.16. The molecule has 0 fully saturated rings. The topological polar surface area (TPSA) is 61.1 Å². The maximum Gasteiger partial charge on any atom is 0.328 e. The summed E-state index contributed by atoms with van der Waals surface area (Å²) in [6, 6.07) is 7.25. The van der Waals surface area contributed by atoms with Crippen LogP contribution in [0.5, 0.6) is 0 Å². The van der Waals surface area contributed by atoms with Crippen LogP contribution in [0, 0.1) is 18.3 Å². The van der Waals surface area contributed by atoms with Crippen LogP contribution in [-0.4, -0.2) is 11.1 Å². The summed E-state index contributed by atoms with van der Waals surface area (Å²) in [4.78, 5) is 10.3. The molecule has 0 heterocycles. The van der Waals surface area contributed by atoms with E-state index in [1.165, 1.54) is 6.08 Å². The second-order valence-electron chi connectivity index (χ2n) is 2.80. The van der Waals surface area contributed by atoms with Gasteiger partial charge < -0.3 is 5.11 Å². The fourth-order valence-corrected chi connectivity index (χ4v) is 1.12. The van der Waals surface area contributed by atoms with E-state index in [0.29, 0.717) is 5.56 Å². The molecule has 0 spiro atoms. The third kappa shape index (κ3) is 2.20. The highest BCUT2D eigenvalue weighted by Crippen LogP contribution is 2.14. The summed E-state index contributed by atoms with van der Waals surface area (Å²) < 4.78 is 0. The van der Waals surface area contributed by atoms with Gasteiger partial charge in [-0.1, -0.05) is 12.1 Å². The summed E-state index contributed by atoms with van der Waals surface area (Å²) in [7, 11) is 0. The molecular weight excluding hydrogens is 178 g/mol. The van der Waals surface area contributed by atoms with Crippen LogP contribution in [0.4, 0.5) is 0 Å². The third-order valence-electron chi connectivity index (χ3n) is 1.90. The lowest BCUT2D eigenvalue weighted by atomic mass is 10.0. The van der Waals surface area contributed by atoms with Crippen LogP contribution < -0.4 is 0 Å². The van der Waals surface area contributed by atoms with Crippen LogP contribution in [0.25, 0.3) is 6.08 Å². The molecule has 0 saturated carbocycles. The molecule has 0 aromatic heterocycles. The van der Waals surface area contributed by atoms with Crippen LogP contribution in [0.3, 0.4) is 0 Å². The molecular formula is C11H9NO2. The van der Waals surface area contributed by atoms with E-state index >= 15 is 0 Å². The Morgan fingerprint density at radius 3 is 2.86 bits per heavy atom. The SMILES string of the molecule is Cc1c(C#N)cccc1/C=C/C(=O)O. The molecule has 0 unspecified atom stereocenters. The van der Waals surface area contributed by atoms with Crippen LogP contribution in [0.15, 0.2) is 24.3 Å². The number of nitrogens with zero attached hydrogens (tertiary/aromatic N) is 1. The first kappa shape index (κ1) is 10.0. The van der Waals surface area contributed by atoms with Gasteiger partial charge in [0.05, 0.1) is 11.6 Å². The normalized spacial score (nSPS) is 10.0. The second-order valence-corrected chi connectivity index (χ2v) is 2.80. The Morgan fingerprint density at radius 2 is 2.29 bits per heavy atom. The van der Waals surface area contributed by atoms with Crippen molar-refractivity contribution in [2.24, 2.45) is 0 Å². The monoisotopic (exact) mass is 187 g/mol. The smallest absolute Gasteiger partial charge is 0.328 e. The minimum Gasteiger partial charge on any atom is -0.478 e. The first-order valence-electron chi connectivity index (χ1n) is 4.06. The highest BCUT2D eigenvalue weighted by Gasteiger charge is 2.00. The van der Waals surface area contributed by atoms with E-state index in [4.69, 9.17) is 10.4 Å². The van der Waals surface area contributed by atoms with Crippen LogP contribution in [0.2, 0.25) is 0 Å². The number of rotatable bonds is 2. The van der Waals surface area contributed by atoms with Gasteiger partial charge in [0, 0.05) is 6.08 Å². The van der Waals surface area contributed by atoms with Gasteiger partial charge >= 0.3 is 5.97 Å². The van der Waals surface area contributed by atoms with Gasteiger partial charge in [0.15, 0.2) is 0 Å². The van der Waals surface area contributed by atoms with Gasteiger partial charge in [-0.2, -0.15) is 5.26 Å². The van der Waals surface area contributed by atoms with Gasteiger partial charge in [-0.05, 0) is 30.2 Å². The standard InChI is InChI=1S/C11H9NO2/c1-8-9(5-6-11(13)14)3-2-4-10(8)7-12/h2-6H,1H3,(H,13,14)/b6-5+. The third-order valence-corrected chi connectivity index (χ3v) is 1.90. The summed E-state index contributed by atoms with van der Waals surface area (Å²) in [5, 5.41) is 17.2. The van der Waals surface area contributed by atoms with E-state index in [1.807, 2.05) is 6.07 Å². The van der Waals surface area contributed by atoms with Gasteiger partial charge in [0.25, 0.3) is 0 Å². The van der Waals surface area contributed by atoms with Crippen molar-refractivity contribution < 1.29 is 9.90 Å². The van der Waals surface area contributed by atoms with Crippen molar-refractivity contribution in [1.29, 1.82) is 5.26 Å². The molecule has 0 atom stereocenters. The van der Waals surface area contributed by atoms with Gasteiger partial charge in [0.2, 0.25) is 0 Å². The molecule has 3 heteroatoms. The van der Waals surface area contributed by atoms with E-state index < -0.39 is 5.97 Å². The predicted molar refractivity (Wildman–Crippen MR) is 52.6 cm³/mol. The quantitative estimate of drug-likeness (QED) is 0.720. The summed E-state index contributed by atoms with van der Waals surface area (Å²) in [6.07, 6.45) is 2.54. The summed E-state index contributed by atoms with van der Waals surface area (Å²) in [5.74, 6) is -0.994. The lowest BCUT2D eigenvalue weighted by Crippen LogP contribution is -1.89. The number of aliphatic carboxylic acids is 1. The van der Waals surface area contributed by atoms with Crippen molar-refractivity contribution in [1.82, 2.24) is 0 Å². The number of nitriles is 1. The minimum absolute atomic E-state index is 0.567. The predicted octanol–water partition coefficient (Wildman–Crippen LogP) is 1.96. The summed E-state index contributed by atoms with van der Waals surface area (Å²) in [5.41, 5.74) is 2.12. The summed E-state index contributed by atoms with van der Waals surface area (Å²) in [6.45, 7) is 1.79. The molecule has 0 radical (unpaired) electrons. The highest BCUT2D eigenvalue weighted by atomic mass is 16.4. The van der Waals surface area contributed by atoms with Crippen molar-refractivity contribution >= 4 is 12.0 Å². The van der Waals surface area contributed by atoms with E-state index in [0.717, 1.165) is 17.2 Å². The Morgan fingerprint density at radius 1 is 1.57 bits per heavy atom. The molecule has 1 aromatic carbocycles. The van der Waals surface area contributed by atoms with E-state index in [2.05, 4.69) is 0 Å².